The lowest BCUT2D eigenvalue weighted by Gasteiger charge is -2.35. The standard InChI is InChI=1S/C15H24N2/c1-11-5-4-6-12(2)15(11)17-10-14-8-7-13(3)16-9-14/h7-9,11-12,15,17H,4-6,10H2,1-3H3. The number of aromatic nitrogens is 1. The lowest BCUT2D eigenvalue weighted by atomic mass is 9.78. The van der Waals surface area contributed by atoms with Crippen molar-refractivity contribution in [3.8, 4) is 0 Å². The molecule has 2 rings (SSSR count). The first-order valence-electron chi connectivity index (χ1n) is 6.81. The van der Waals surface area contributed by atoms with Crippen LogP contribution in [0, 0.1) is 18.8 Å². The summed E-state index contributed by atoms with van der Waals surface area (Å²) < 4.78 is 0. The molecule has 0 amide bonds. The van der Waals surface area contributed by atoms with Crippen molar-refractivity contribution in [2.45, 2.75) is 52.6 Å². The SMILES string of the molecule is Cc1ccc(CNC2C(C)CCCC2C)cn1. The topological polar surface area (TPSA) is 24.9 Å². The molecule has 1 aromatic heterocycles. The smallest absolute Gasteiger partial charge is 0.0372 e. The lowest BCUT2D eigenvalue weighted by Crippen LogP contribution is -2.42. The first-order chi connectivity index (χ1) is 8.16. The first-order valence-corrected chi connectivity index (χ1v) is 6.81. The van der Waals surface area contributed by atoms with E-state index in [-0.39, 0.29) is 0 Å². The molecule has 1 saturated carbocycles. The summed E-state index contributed by atoms with van der Waals surface area (Å²) in [6, 6.07) is 4.93. The van der Waals surface area contributed by atoms with Crippen LogP contribution in [0.1, 0.15) is 44.4 Å². The molecule has 2 unspecified atom stereocenters. The fourth-order valence-electron chi connectivity index (χ4n) is 2.92. The molecule has 17 heavy (non-hydrogen) atoms. The lowest BCUT2D eigenvalue weighted by molar-refractivity contribution is 0.207. The minimum atomic E-state index is 0.671. The van der Waals surface area contributed by atoms with Gasteiger partial charge in [0.2, 0.25) is 0 Å². The van der Waals surface area contributed by atoms with Crippen LogP contribution < -0.4 is 5.32 Å². The zero-order valence-electron chi connectivity index (χ0n) is 11.2. The van der Waals surface area contributed by atoms with Gasteiger partial charge in [0.05, 0.1) is 0 Å². The Hall–Kier alpha value is -0.890. The molecule has 0 bridgehead atoms. The molecule has 2 atom stereocenters. The van der Waals surface area contributed by atoms with E-state index >= 15 is 0 Å². The summed E-state index contributed by atoms with van der Waals surface area (Å²) in [7, 11) is 0. The Balaban J connectivity index is 1.90. The largest absolute Gasteiger partial charge is 0.309 e. The van der Waals surface area contributed by atoms with E-state index in [1.165, 1.54) is 24.8 Å². The van der Waals surface area contributed by atoms with Gasteiger partial charge in [-0.3, -0.25) is 4.98 Å². The average Bonchev–Trinajstić information content (AvgIpc) is 2.31. The van der Waals surface area contributed by atoms with Crippen LogP contribution in [0.3, 0.4) is 0 Å². The number of rotatable bonds is 3. The second-order valence-electron chi connectivity index (χ2n) is 5.60. The van der Waals surface area contributed by atoms with E-state index in [9.17, 15) is 0 Å². The number of nitrogens with zero attached hydrogens (tertiary/aromatic N) is 1. The molecule has 1 aromatic rings. The molecular formula is C15H24N2. The highest BCUT2D eigenvalue weighted by molar-refractivity contribution is 5.13. The van der Waals surface area contributed by atoms with Gasteiger partial charge < -0.3 is 5.32 Å². The fraction of sp³-hybridized carbons (Fsp3) is 0.667. The summed E-state index contributed by atoms with van der Waals surface area (Å²) >= 11 is 0. The van der Waals surface area contributed by atoms with E-state index in [0.29, 0.717) is 6.04 Å². The number of pyridine rings is 1. The van der Waals surface area contributed by atoms with Gasteiger partial charge in [0.15, 0.2) is 0 Å². The molecule has 1 aliphatic carbocycles. The summed E-state index contributed by atoms with van der Waals surface area (Å²) in [5.41, 5.74) is 2.38. The molecule has 1 fully saturated rings. The molecule has 0 radical (unpaired) electrons. The van der Waals surface area contributed by atoms with Gasteiger partial charge in [-0.05, 0) is 43.2 Å². The second-order valence-corrected chi connectivity index (χ2v) is 5.60. The monoisotopic (exact) mass is 232 g/mol. The van der Waals surface area contributed by atoms with Crippen LogP contribution in [0.25, 0.3) is 0 Å². The molecule has 0 aromatic carbocycles. The highest BCUT2D eigenvalue weighted by Gasteiger charge is 2.26. The van der Waals surface area contributed by atoms with Gasteiger partial charge in [0, 0.05) is 24.5 Å². The van der Waals surface area contributed by atoms with E-state index in [4.69, 9.17) is 0 Å². The zero-order valence-corrected chi connectivity index (χ0v) is 11.2. The summed E-state index contributed by atoms with van der Waals surface area (Å²) in [5, 5.41) is 3.72. The molecule has 2 nitrogen and oxygen atoms in total. The van der Waals surface area contributed by atoms with E-state index in [0.717, 1.165) is 24.1 Å². The molecule has 0 spiro atoms. The maximum Gasteiger partial charge on any atom is 0.0372 e. The molecule has 0 saturated heterocycles. The maximum absolute atomic E-state index is 4.34. The summed E-state index contributed by atoms with van der Waals surface area (Å²) in [6.07, 6.45) is 6.12. The Bertz CT molecular complexity index is 334. The van der Waals surface area contributed by atoms with Crippen LogP contribution in [0.4, 0.5) is 0 Å². The zero-order chi connectivity index (χ0) is 12.3. The highest BCUT2D eigenvalue weighted by atomic mass is 14.9. The van der Waals surface area contributed by atoms with Crippen LogP contribution in [0.5, 0.6) is 0 Å². The van der Waals surface area contributed by atoms with Crippen molar-refractivity contribution in [1.82, 2.24) is 10.3 Å². The fourth-order valence-corrected chi connectivity index (χ4v) is 2.92. The van der Waals surface area contributed by atoms with Gasteiger partial charge in [0.25, 0.3) is 0 Å². The van der Waals surface area contributed by atoms with Gasteiger partial charge in [-0.15, -0.1) is 0 Å². The van der Waals surface area contributed by atoms with Crippen molar-refractivity contribution in [3.63, 3.8) is 0 Å². The number of nitrogens with one attached hydrogen (secondary N) is 1. The summed E-state index contributed by atoms with van der Waals surface area (Å²) in [6.45, 7) is 7.73. The molecule has 1 heterocycles. The van der Waals surface area contributed by atoms with Gasteiger partial charge in [0.1, 0.15) is 0 Å². The van der Waals surface area contributed by atoms with Gasteiger partial charge in [-0.1, -0.05) is 26.3 Å². The minimum absolute atomic E-state index is 0.671. The Morgan fingerprint density at radius 1 is 1.24 bits per heavy atom. The molecule has 2 heteroatoms. The predicted molar refractivity (Wildman–Crippen MR) is 71.8 cm³/mol. The van der Waals surface area contributed by atoms with Crippen LogP contribution in [-0.4, -0.2) is 11.0 Å². The van der Waals surface area contributed by atoms with E-state index in [1.54, 1.807) is 0 Å². The molecular weight excluding hydrogens is 208 g/mol. The molecule has 1 aliphatic rings. The van der Waals surface area contributed by atoms with Crippen molar-refractivity contribution in [3.05, 3.63) is 29.6 Å². The summed E-state index contributed by atoms with van der Waals surface area (Å²) in [4.78, 5) is 4.34. The average molecular weight is 232 g/mol. The van der Waals surface area contributed by atoms with Crippen molar-refractivity contribution in [2.75, 3.05) is 0 Å². The Kier molecular flexibility index (Phi) is 4.16. The van der Waals surface area contributed by atoms with E-state index in [1.807, 2.05) is 13.1 Å². The van der Waals surface area contributed by atoms with Crippen molar-refractivity contribution >= 4 is 0 Å². The third kappa shape index (κ3) is 3.29. The number of hydrogen-bond donors (Lipinski definition) is 1. The van der Waals surface area contributed by atoms with Crippen LogP contribution >= 0.6 is 0 Å². The maximum atomic E-state index is 4.34. The van der Waals surface area contributed by atoms with Gasteiger partial charge in [-0.25, -0.2) is 0 Å². The van der Waals surface area contributed by atoms with Gasteiger partial charge in [-0.2, -0.15) is 0 Å². The minimum Gasteiger partial charge on any atom is -0.309 e. The summed E-state index contributed by atoms with van der Waals surface area (Å²) in [5.74, 6) is 1.61. The van der Waals surface area contributed by atoms with E-state index < -0.39 is 0 Å². The van der Waals surface area contributed by atoms with Gasteiger partial charge >= 0.3 is 0 Å². The molecule has 0 aliphatic heterocycles. The Morgan fingerprint density at radius 3 is 2.53 bits per heavy atom. The third-order valence-electron chi connectivity index (χ3n) is 4.06. The predicted octanol–water partition coefficient (Wildman–Crippen LogP) is 3.30. The van der Waals surface area contributed by atoms with E-state index in [2.05, 4.69) is 36.3 Å². The molecule has 1 N–H and O–H groups in total. The Labute approximate surface area is 105 Å². The van der Waals surface area contributed by atoms with Crippen molar-refractivity contribution in [1.29, 1.82) is 0 Å². The van der Waals surface area contributed by atoms with Crippen LogP contribution in [0.15, 0.2) is 18.3 Å². The number of aryl methyl sites for hydroxylation is 1. The van der Waals surface area contributed by atoms with Crippen molar-refractivity contribution < 1.29 is 0 Å². The second kappa shape index (κ2) is 5.63. The molecule has 94 valence electrons. The van der Waals surface area contributed by atoms with Crippen molar-refractivity contribution in [2.24, 2.45) is 11.8 Å². The van der Waals surface area contributed by atoms with Crippen LogP contribution in [0.2, 0.25) is 0 Å². The van der Waals surface area contributed by atoms with Crippen LogP contribution in [-0.2, 0) is 6.54 Å². The first kappa shape index (κ1) is 12.6. The normalized spacial score (nSPS) is 29.2. The number of hydrogen-bond acceptors (Lipinski definition) is 2. The quantitative estimate of drug-likeness (QED) is 0.865. The Morgan fingerprint density at radius 2 is 1.94 bits per heavy atom. The highest BCUT2D eigenvalue weighted by Crippen LogP contribution is 2.28. The third-order valence-corrected chi connectivity index (χ3v) is 4.06.